The molecule has 0 amide bonds. The molecule has 0 radical (unpaired) electrons. The van der Waals surface area contributed by atoms with Gasteiger partial charge in [0.15, 0.2) is 5.82 Å². The molecule has 0 saturated carbocycles. The summed E-state index contributed by atoms with van der Waals surface area (Å²) >= 11 is 0. The molecule has 0 unspecified atom stereocenters. The second-order valence-corrected chi connectivity index (χ2v) is 5.64. The van der Waals surface area contributed by atoms with E-state index >= 15 is 0 Å². The molecule has 3 aromatic rings. The Morgan fingerprint density at radius 2 is 2.04 bits per heavy atom. The zero-order chi connectivity index (χ0) is 17.5. The molecule has 0 fully saturated rings. The number of benzene rings is 2. The number of nitrogens with zero attached hydrogens (tertiary/aromatic N) is 2. The highest BCUT2D eigenvalue weighted by molar-refractivity contribution is 5.82. The lowest BCUT2D eigenvalue weighted by molar-refractivity contribution is 0.309. The molecule has 1 heterocycles. The SMILES string of the molecule is CCCCOc1ccc(N/C=C(\C#N)c2nc3ccccc3[nH]2)cc1. The largest absolute Gasteiger partial charge is 0.494 e. The number of aromatic nitrogens is 2. The molecule has 2 aromatic carbocycles. The number of para-hydroxylation sites is 2. The Hall–Kier alpha value is -3.26. The number of anilines is 1. The predicted octanol–water partition coefficient (Wildman–Crippen LogP) is 4.72. The summed E-state index contributed by atoms with van der Waals surface area (Å²) in [7, 11) is 0. The molecule has 126 valence electrons. The van der Waals surface area contributed by atoms with Crippen LogP contribution in [0.5, 0.6) is 5.75 Å². The number of imidazole rings is 1. The molecule has 2 N–H and O–H groups in total. The van der Waals surface area contributed by atoms with Crippen molar-refractivity contribution < 1.29 is 4.74 Å². The second-order valence-electron chi connectivity index (χ2n) is 5.64. The van der Waals surface area contributed by atoms with Gasteiger partial charge in [0.05, 0.1) is 17.6 Å². The van der Waals surface area contributed by atoms with Gasteiger partial charge in [0.25, 0.3) is 0 Å². The van der Waals surface area contributed by atoms with Crippen molar-refractivity contribution in [3.8, 4) is 11.8 Å². The van der Waals surface area contributed by atoms with E-state index in [9.17, 15) is 5.26 Å². The first-order chi connectivity index (χ1) is 12.3. The van der Waals surface area contributed by atoms with Crippen LogP contribution in [0, 0.1) is 11.3 Å². The van der Waals surface area contributed by atoms with Gasteiger partial charge in [-0.3, -0.25) is 0 Å². The third-order valence-corrected chi connectivity index (χ3v) is 3.77. The molecule has 0 aliphatic rings. The van der Waals surface area contributed by atoms with Crippen molar-refractivity contribution in [1.29, 1.82) is 5.26 Å². The lowest BCUT2D eigenvalue weighted by atomic mass is 10.2. The van der Waals surface area contributed by atoms with Crippen LogP contribution in [0.15, 0.2) is 54.7 Å². The van der Waals surface area contributed by atoms with Crippen molar-refractivity contribution in [2.45, 2.75) is 19.8 Å². The number of H-pyrrole nitrogens is 1. The summed E-state index contributed by atoms with van der Waals surface area (Å²) in [6, 6.07) is 17.6. The Morgan fingerprint density at radius 1 is 1.24 bits per heavy atom. The summed E-state index contributed by atoms with van der Waals surface area (Å²) in [5.74, 6) is 1.40. The van der Waals surface area contributed by atoms with E-state index in [1.165, 1.54) is 0 Å². The molecule has 5 nitrogen and oxygen atoms in total. The number of rotatable bonds is 7. The fourth-order valence-electron chi connectivity index (χ4n) is 2.37. The Kier molecular flexibility index (Phi) is 5.32. The molecule has 0 spiro atoms. The minimum absolute atomic E-state index is 0.444. The molecule has 25 heavy (non-hydrogen) atoms. The highest BCUT2D eigenvalue weighted by Gasteiger charge is 2.07. The van der Waals surface area contributed by atoms with Crippen LogP contribution in [0.4, 0.5) is 5.69 Å². The zero-order valence-electron chi connectivity index (χ0n) is 14.1. The standard InChI is InChI=1S/C20H20N4O/c1-2-3-12-25-17-10-8-16(9-11-17)22-14-15(13-21)20-23-18-6-4-5-7-19(18)24-20/h4-11,14,22H,2-3,12H2,1H3,(H,23,24)/b15-14+. The minimum atomic E-state index is 0.444. The molecular weight excluding hydrogens is 312 g/mol. The minimum Gasteiger partial charge on any atom is -0.494 e. The highest BCUT2D eigenvalue weighted by Crippen LogP contribution is 2.19. The van der Waals surface area contributed by atoms with E-state index in [1.54, 1.807) is 6.20 Å². The topological polar surface area (TPSA) is 73.7 Å². The van der Waals surface area contributed by atoms with Gasteiger partial charge in [0, 0.05) is 11.9 Å². The first kappa shape index (κ1) is 16.6. The van der Waals surface area contributed by atoms with Gasteiger partial charge in [-0.1, -0.05) is 25.5 Å². The van der Waals surface area contributed by atoms with E-state index in [4.69, 9.17) is 4.74 Å². The van der Waals surface area contributed by atoms with Crippen LogP contribution in [0.25, 0.3) is 16.6 Å². The van der Waals surface area contributed by atoms with Crippen LogP contribution < -0.4 is 10.1 Å². The Balaban J connectivity index is 1.69. The summed E-state index contributed by atoms with van der Waals surface area (Å²) in [4.78, 5) is 7.60. The van der Waals surface area contributed by atoms with Gasteiger partial charge in [0.2, 0.25) is 0 Å². The van der Waals surface area contributed by atoms with Crippen molar-refractivity contribution in [2.75, 3.05) is 11.9 Å². The van der Waals surface area contributed by atoms with Crippen LogP contribution in [-0.4, -0.2) is 16.6 Å². The lowest BCUT2D eigenvalue weighted by Crippen LogP contribution is -1.97. The smallest absolute Gasteiger partial charge is 0.150 e. The van der Waals surface area contributed by atoms with E-state index in [2.05, 4.69) is 28.3 Å². The third-order valence-electron chi connectivity index (χ3n) is 3.77. The summed E-state index contributed by atoms with van der Waals surface area (Å²) < 4.78 is 5.64. The van der Waals surface area contributed by atoms with Crippen LogP contribution in [0.1, 0.15) is 25.6 Å². The van der Waals surface area contributed by atoms with Crippen molar-refractivity contribution in [2.24, 2.45) is 0 Å². The van der Waals surface area contributed by atoms with E-state index in [-0.39, 0.29) is 0 Å². The van der Waals surface area contributed by atoms with Crippen LogP contribution >= 0.6 is 0 Å². The van der Waals surface area contributed by atoms with Gasteiger partial charge < -0.3 is 15.0 Å². The average Bonchev–Trinajstić information content (AvgIpc) is 3.07. The highest BCUT2D eigenvalue weighted by atomic mass is 16.5. The van der Waals surface area contributed by atoms with Gasteiger partial charge >= 0.3 is 0 Å². The summed E-state index contributed by atoms with van der Waals surface area (Å²) in [5.41, 5.74) is 3.07. The lowest BCUT2D eigenvalue weighted by Gasteiger charge is -2.06. The number of hydrogen-bond acceptors (Lipinski definition) is 4. The third kappa shape index (κ3) is 4.18. The zero-order valence-corrected chi connectivity index (χ0v) is 14.1. The number of unbranched alkanes of at least 4 members (excludes halogenated alkanes) is 1. The van der Waals surface area contributed by atoms with Crippen LogP contribution in [-0.2, 0) is 0 Å². The number of allylic oxidation sites excluding steroid dienone is 1. The monoisotopic (exact) mass is 332 g/mol. The quantitative estimate of drug-likeness (QED) is 0.485. The van der Waals surface area contributed by atoms with Crippen molar-refractivity contribution in [3.05, 3.63) is 60.6 Å². The maximum absolute atomic E-state index is 9.41. The maximum atomic E-state index is 9.41. The van der Waals surface area contributed by atoms with E-state index in [0.29, 0.717) is 11.4 Å². The normalized spacial score (nSPS) is 11.3. The maximum Gasteiger partial charge on any atom is 0.150 e. The van der Waals surface area contributed by atoms with Crippen LogP contribution in [0.2, 0.25) is 0 Å². The fraction of sp³-hybridized carbons (Fsp3) is 0.200. The molecule has 0 saturated heterocycles. The van der Waals surface area contributed by atoms with Gasteiger partial charge in [-0.05, 0) is 42.8 Å². The second kappa shape index (κ2) is 8.02. The first-order valence-corrected chi connectivity index (χ1v) is 8.35. The molecule has 5 heteroatoms. The Morgan fingerprint density at radius 3 is 2.76 bits per heavy atom. The molecule has 0 aliphatic heterocycles. The summed E-state index contributed by atoms with van der Waals surface area (Å²) in [6.45, 7) is 2.87. The fourth-order valence-corrected chi connectivity index (χ4v) is 2.37. The van der Waals surface area contributed by atoms with Gasteiger partial charge in [-0.15, -0.1) is 0 Å². The number of nitriles is 1. The van der Waals surface area contributed by atoms with Gasteiger partial charge in [-0.2, -0.15) is 5.26 Å². The molecular formula is C20H20N4O. The Labute approximate surface area is 147 Å². The molecule has 0 bridgehead atoms. The number of fused-ring (bicyclic) bond motifs is 1. The van der Waals surface area contributed by atoms with E-state index < -0.39 is 0 Å². The number of hydrogen-bond donors (Lipinski definition) is 2. The van der Waals surface area contributed by atoms with Crippen molar-refractivity contribution >= 4 is 22.3 Å². The average molecular weight is 332 g/mol. The van der Waals surface area contributed by atoms with Crippen molar-refractivity contribution in [3.63, 3.8) is 0 Å². The molecule has 1 aromatic heterocycles. The number of aromatic amines is 1. The number of ether oxygens (including phenoxy) is 1. The predicted molar refractivity (Wildman–Crippen MR) is 100 cm³/mol. The number of nitrogens with one attached hydrogen (secondary N) is 2. The molecule has 3 rings (SSSR count). The Bertz CT molecular complexity index is 870. The van der Waals surface area contributed by atoms with E-state index in [1.807, 2.05) is 48.5 Å². The molecule has 0 aliphatic carbocycles. The summed E-state index contributed by atoms with van der Waals surface area (Å²) in [6.07, 6.45) is 3.82. The van der Waals surface area contributed by atoms with Crippen LogP contribution in [0.3, 0.4) is 0 Å². The first-order valence-electron chi connectivity index (χ1n) is 8.35. The van der Waals surface area contributed by atoms with Crippen molar-refractivity contribution in [1.82, 2.24) is 9.97 Å². The summed E-state index contributed by atoms with van der Waals surface area (Å²) in [5, 5.41) is 12.5. The van der Waals surface area contributed by atoms with E-state index in [0.717, 1.165) is 41.9 Å². The van der Waals surface area contributed by atoms with Gasteiger partial charge in [-0.25, -0.2) is 4.98 Å². The molecule has 0 atom stereocenters. The van der Waals surface area contributed by atoms with Gasteiger partial charge in [0.1, 0.15) is 17.4 Å².